The summed E-state index contributed by atoms with van der Waals surface area (Å²) in [5.41, 5.74) is 3.70. The minimum atomic E-state index is -0.164. The fourth-order valence-electron chi connectivity index (χ4n) is 4.04. The molecular formula is C26H24N4O2S2. The lowest BCUT2D eigenvalue weighted by molar-refractivity contribution is 0.658. The number of thiophene rings is 1. The summed E-state index contributed by atoms with van der Waals surface area (Å²) in [6.45, 7) is 6.58. The zero-order chi connectivity index (χ0) is 23.8. The number of aryl methyl sites for hydroxylation is 3. The molecule has 0 spiro atoms. The average molecular weight is 489 g/mol. The van der Waals surface area contributed by atoms with E-state index >= 15 is 0 Å². The van der Waals surface area contributed by atoms with Crippen molar-refractivity contribution in [3.8, 4) is 0 Å². The summed E-state index contributed by atoms with van der Waals surface area (Å²) in [5, 5.41) is 1.89. The minimum Gasteiger partial charge on any atom is -0.309 e. The zero-order valence-electron chi connectivity index (χ0n) is 19.2. The van der Waals surface area contributed by atoms with E-state index in [4.69, 9.17) is 4.98 Å². The van der Waals surface area contributed by atoms with Gasteiger partial charge in [0.05, 0.1) is 28.6 Å². The Morgan fingerprint density at radius 3 is 2.56 bits per heavy atom. The number of fused-ring (bicyclic) bond motifs is 2. The van der Waals surface area contributed by atoms with E-state index in [1.807, 2.05) is 56.3 Å². The number of H-pyrrole nitrogens is 1. The van der Waals surface area contributed by atoms with Crippen molar-refractivity contribution in [1.29, 1.82) is 0 Å². The molecule has 2 aromatic carbocycles. The van der Waals surface area contributed by atoms with Crippen LogP contribution >= 0.6 is 23.1 Å². The van der Waals surface area contributed by atoms with E-state index in [1.54, 1.807) is 22.0 Å². The standard InChI is InChI=1S/C26H24N4O2S2/c1-4-20-16(3)22-24(34-20)29-26(30(25(22)32)13-17-11-9-15(2)10-12-17)33-14-21-27-19-8-6-5-7-18(19)23(31)28-21/h5-12H,4,13-14H2,1-3H3,(H,27,28,31). The summed E-state index contributed by atoms with van der Waals surface area (Å²) in [6, 6.07) is 15.5. The van der Waals surface area contributed by atoms with Gasteiger partial charge in [-0.2, -0.15) is 0 Å². The molecule has 0 aliphatic rings. The molecule has 0 bridgehead atoms. The number of aromatic amines is 1. The highest BCUT2D eigenvalue weighted by Crippen LogP contribution is 2.30. The molecule has 0 unspecified atom stereocenters. The first-order valence-corrected chi connectivity index (χ1v) is 12.9. The molecule has 0 aliphatic heterocycles. The first kappa shape index (κ1) is 22.6. The van der Waals surface area contributed by atoms with Gasteiger partial charge in [-0.05, 0) is 43.5 Å². The lowest BCUT2D eigenvalue weighted by atomic mass is 10.1. The number of hydrogen-bond donors (Lipinski definition) is 1. The Kier molecular flexibility index (Phi) is 6.10. The van der Waals surface area contributed by atoms with Crippen molar-refractivity contribution in [1.82, 2.24) is 19.5 Å². The fourth-order valence-corrected chi connectivity index (χ4v) is 6.07. The third-order valence-electron chi connectivity index (χ3n) is 5.90. The molecule has 172 valence electrons. The summed E-state index contributed by atoms with van der Waals surface area (Å²) >= 11 is 3.00. The van der Waals surface area contributed by atoms with Gasteiger partial charge in [-0.3, -0.25) is 14.2 Å². The molecule has 34 heavy (non-hydrogen) atoms. The molecule has 0 aliphatic carbocycles. The van der Waals surface area contributed by atoms with Gasteiger partial charge in [0.25, 0.3) is 11.1 Å². The largest absolute Gasteiger partial charge is 0.309 e. The molecule has 3 heterocycles. The number of thioether (sulfide) groups is 1. The summed E-state index contributed by atoms with van der Waals surface area (Å²) in [5.74, 6) is 0.957. The number of aromatic nitrogens is 4. The SMILES string of the molecule is CCc1sc2nc(SCc3nc4ccccc4c(=O)[nH]3)n(Cc3ccc(C)cc3)c(=O)c2c1C. The lowest BCUT2D eigenvalue weighted by Crippen LogP contribution is -2.24. The van der Waals surface area contributed by atoms with Crippen LogP contribution < -0.4 is 11.1 Å². The van der Waals surface area contributed by atoms with Gasteiger partial charge in [0.1, 0.15) is 10.7 Å². The maximum Gasteiger partial charge on any atom is 0.263 e. The van der Waals surface area contributed by atoms with Gasteiger partial charge in [-0.15, -0.1) is 11.3 Å². The molecule has 1 N–H and O–H groups in total. The molecule has 0 atom stereocenters. The van der Waals surface area contributed by atoms with Crippen LogP contribution in [0, 0.1) is 13.8 Å². The normalized spacial score (nSPS) is 11.5. The van der Waals surface area contributed by atoms with Crippen molar-refractivity contribution < 1.29 is 0 Å². The van der Waals surface area contributed by atoms with Crippen LogP contribution in [0.3, 0.4) is 0 Å². The molecule has 0 fully saturated rings. The number of hydrogen-bond acceptors (Lipinski definition) is 6. The quantitative estimate of drug-likeness (QED) is 0.262. The monoisotopic (exact) mass is 488 g/mol. The summed E-state index contributed by atoms with van der Waals surface area (Å²) in [6.07, 6.45) is 0.870. The molecule has 6 nitrogen and oxygen atoms in total. The van der Waals surface area contributed by atoms with E-state index in [2.05, 4.69) is 16.9 Å². The van der Waals surface area contributed by atoms with Crippen molar-refractivity contribution in [2.75, 3.05) is 0 Å². The van der Waals surface area contributed by atoms with Crippen LogP contribution in [0.1, 0.15) is 34.3 Å². The van der Waals surface area contributed by atoms with Crippen LogP contribution in [0.4, 0.5) is 0 Å². The van der Waals surface area contributed by atoms with Gasteiger partial charge in [0.2, 0.25) is 0 Å². The topological polar surface area (TPSA) is 80.6 Å². The third-order valence-corrected chi connectivity index (χ3v) is 8.21. The van der Waals surface area contributed by atoms with Crippen LogP contribution in [0.15, 0.2) is 63.3 Å². The van der Waals surface area contributed by atoms with Crippen LogP contribution in [0.5, 0.6) is 0 Å². The maximum absolute atomic E-state index is 13.7. The van der Waals surface area contributed by atoms with Gasteiger partial charge in [0, 0.05) is 4.88 Å². The Hall–Kier alpha value is -3.23. The Morgan fingerprint density at radius 2 is 1.79 bits per heavy atom. The fraction of sp³-hybridized carbons (Fsp3) is 0.231. The summed E-state index contributed by atoms with van der Waals surface area (Å²) in [7, 11) is 0. The van der Waals surface area contributed by atoms with Gasteiger partial charge in [-0.25, -0.2) is 9.97 Å². The maximum atomic E-state index is 13.7. The average Bonchev–Trinajstić information content (AvgIpc) is 3.16. The van der Waals surface area contributed by atoms with E-state index in [0.29, 0.717) is 39.6 Å². The van der Waals surface area contributed by atoms with Crippen LogP contribution in [0.2, 0.25) is 0 Å². The number of nitrogens with zero attached hydrogens (tertiary/aromatic N) is 3. The van der Waals surface area contributed by atoms with Crippen molar-refractivity contribution in [2.24, 2.45) is 0 Å². The van der Waals surface area contributed by atoms with E-state index in [0.717, 1.165) is 22.4 Å². The Morgan fingerprint density at radius 1 is 1.03 bits per heavy atom. The molecule has 0 saturated carbocycles. The van der Waals surface area contributed by atoms with E-state index < -0.39 is 0 Å². The van der Waals surface area contributed by atoms with Crippen molar-refractivity contribution in [2.45, 2.75) is 44.6 Å². The first-order valence-electron chi connectivity index (χ1n) is 11.1. The summed E-state index contributed by atoms with van der Waals surface area (Å²) < 4.78 is 1.75. The second-order valence-corrected chi connectivity index (χ2v) is 10.3. The van der Waals surface area contributed by atoms with Crippen LogP contribution in [-0.4, -0.2) is 19.5 Å². The molecule has 0 amide bonds. The molecule has 3 aromatic heterocycles. The van der Waals surface area contributed by atoms with E-state index in [9.17, 15) is 9.59 Å². The number of nitrogens with one attached hydrogen (secondary N) is 1. The predicted molar refractivity (Wildman–Crippen MR) is 140 cm³/mol. The highest BCUT2D eigenvalue weighted by Gasteiger charge is 2.18. The van der Waals surface area contributed by atoms with Crippen molar-refractivity contribution in [3.05, 3.63) is 96.6 Å². The highest BCUT2D eigenvalue weighted by molar-refractivity contribution is 7.98. The molecule has 8 heteroatoms. The summed E-state index contributed by atoms with van der Waals surface area (Å²) in [4.78, 5) is 40.5. The predicted octanol–water partition coefficient (Wildman–Crippen LogP) is 5.21. The molecule has 0 radical (unpaired) electrons. The number of para-hydroxylation sites is 1. The van der Waals surface area contributed by atoms with Gasteiger partial charge >= 0.3 is 0 Å². The number of benzene rings is 2. The van der Waals surface area contributed by atoms with Crippen molar-refractivity contribution >= 4 is 44.2 Å². The van der Waals surface area contributed by atoms with Crippen molar-refractivity contribution in [3.63, 3.8) is 0 Å². The molecular weight excluding hydrogens is 464 g/mol. The minimum absolute atomic E-state index is 0.0264. The van der Waals surface area contributed by atoms with Gasteiger partial charge in [0.15, 0.2) is 5.16 Å². The zero-order valence-corrected chi connectivity index (χ0v) is 20.8. The highest BCUT2D eigenvalue weighted by atomic mass is 32.2. The van der Waals surface area contributed by atoms with Crippen LogP contribution in [0.25, 0.3) is 21.1 Å². The smallest absolute Gasteiger partial charge is 0.263 e. The van der Waals surface area contributed by atoms with Crippen LogP contribution in [-0.2, 0) is 18.7 Å². The van der Waals surface area contributed by atoms with E-state index in [1.165, 1.54) is 22.2 Å². The Labute approximate surface area is 204 Å². The number of rotatable bonds is 6. The molecule has 5 aromatic rings. The van der Waals surface area contributed by atoms with Gasteiger partial charge < -0.3 is 4.98 Å². The second kappa shape index (κ2) is 9.19. The molecule has 5 rings (SSSR count). The Balaban J connectivity index is 1.57. The third kappa shape index (κ3) is 4.19. The van der Waals surface area contributed by atoms with Gasteiger partial charge in [-0.1, -0.05) is 60.6 Å². The Bertz CT molecular complexity index is 1630. The first-order chi connectivity index (χ1) is 16.4. The van der Waals surface area contributed by atoms with E-state index in [-0.39, 0.29) is 11.1 Å². The lowest BCUT2D eigenvalue weighted by Gasteiger charge is -2.13. The second-order valence-electron chi connectivity index (χ2n) is 8.27. The molecule has 0 saturated heterocycles.